The molecule has 1 atom stereocenters. The van der Waals surface area contributed by atoms with Crippen molar-refractivity contribution in [2.24, 2.45) is 5.84 Å². The standard InChI is InChI=1S/C14H11BrCl2F2N2/c15-9-3-4-11(18)13(14(9)19)12(21-20)5-7-1-2-8(16)6-10(7)17/h1-4,6,12,21H,5,20H2. The molecule has 0 aromatic heterocycles. The molecule has 0 heterocycles. The Morgan fingerprint density at radius 3 is 2.52 bits per heavy atom. The second-order valence-electron chi connectivity index (χ2n) is 4.42. The Labute approximate surface area is 139 Å². The monoisotopic (exact) mass is 394 g/mol. The van der Waals surface area contributed by atoms with Gasteiger partial charge in [-0.25, -0.2) is 8.78 Å². The number of nitrogens with one attached hydrogen (secondary N) is 1. The zero-order valence-electron chi connectivity index (χ0n) is 10.6. The molecular formula is C14H11BrCl2F2N2. The first-order valence-corrected chi connectivity index (χ1v) is 7.52. The fourth-order valence-corrected chi connectivity index (χ4v) is 2.85. The van der Waals surface area contributed by atoms with Gasteiger partial charge in [0.1, 0.15) is 11.6 Å². The fourth-order valence-electron chi connectivity index (χ4n) is 2.01. The van der Waals surface area contributed by atoms with Crippen LogP contribution in [0.3, 0.4) is 0 Å². The van der Waals surface area contributed by atoms with E-state index in [1.807, 2.05) is 0 Å². The van der Waals surface area contributed by atoms with Crippen molar-refractivity contribution in [1.82, 2.24) is 5.43 Å². The van der Waals surface area contributed by atoms with Gasteiger partial charge in [-0.1, -0.05) is 29.3 Å². The maximum Gasteiger partial charge on any atom is 0.145 e. The first kappa shape index (κ1) is 16.6. The summed E-state index contributed by atoms with van der Waals surface area (Å²) in [5.41, 5.74) is 2.97. The Balaban J connectivity index is 2.39. The van der Waals surface area contributed by atoms with Crippen molar-refractivity contribution >= 4 is 39.1 Å². The summed E-state index contributed by atoms with van der Waals surface area (Å²) in [6, 6.07) is 6.64. The van der Waals surface area contributed by atoms with Gasteiger partial charge in [0, 0.05) is 15.6 Å². The van der Waals surface area contributed by atoms with Gasteiger partial charge in [-0.3, -0.25) is 11.3 Å². The molecule has 0 aliphatic carbocycles. The maximum atomic E-state index is 14.1. The fraction of sp³-hybridized carbons (Fsp3) is 0.143. The van der Waals surface area contributed by atoms with Crippen molar-refractivity contribution in [2.75, 3.05) is 0 Å². The number of benzene rings is 2. The van der Waals surface area contributed by atoms with Crippen molar-refractivity contribution in [3.05, 3.63) is 67.6 Å². The van der Waals surface area contributed by atoms with Gasteiger partial charge in [0.15, 0.2) is 0 Å². The topological polar surface area (TPSA) is 38.0 Å². The van der Waals surface area contributed by atoms with Crippen LogP contribution in [0.15, 0.2) is 34.8 Å². The summed E-state index contributed by atoms with van der Waals surface area (Å²) in [4.78, 5) is 0. The van der Waals surface area contributed by atoms with Crippen LogP contribution in [0.2, 0.25) is 10.0 Å². The largest absolute Gasteiger partial charge is 0.271 e. The molecule has 112 valence electrons. The molecule has 0 aliphatic heterocycles. The van der Waals surface area contributed by atoms with E-state index in [-0.39, 0.29) is 16.5 Å². The maximum absolute atomic E-state index is 14.1. The molecule has 2 nitrogen and oxygen atoms in total. The van der Waals surface area contributed by atoms with E-state index in [2.05, 4.69) is 21.4 Å². The average molecular weight is 396 g/mol. The van der Waals surface area contributed by atoms with Crippen molar-refractivity contribution in [1.29, 1.82) is 0 Å². The van der Waals surface area contributed by atoms with E-state index in [9.17, 15) is 8.78 Å². The zero-order valence-corrected chi connectivity index (χ0v) is 13.7. The lowest BCUT2D eigenvalue weighted by Gasteiger charge is -2.19. The summed E-state index contributed by atoms with van der Waals surface area (Å²) in [6.45, 7) is 0. The van der Waals surface area contributed by atoms with Crippen LogP contribution in [0, 0.1) is 11.6 Å². The lowest BCUT2D eigenvalue weighted by molar-refractivity contribution is 0.471. The van der Waals surface area contributed by atoms with Crippen LogP contribution >= 0.6 is 39.1 Å². The SMILES string of the molecule is NNC(Cc1ccc(Cl)cc1Cl)c1c(F)ccc(Br)c1F. The molecule has 0 bridgehead atoms. The molecule has 0 aliphatic rings. The smallest absolute Gasteiger partial charge is 0.145 e. The molecule has 2 aromatic carbocycles. The molecule has 0 spiro atoms. The minimum atomic E-state index is -0.763. The average Bonchev–Trinajstić information content (AvgIpc) is 2.44. The van der Waals surface area contributed by atoms with E-state index in [1.54, 1.807) is 18.2 Å². The van der Waals surface area contributed by atoms with Crippen LogP contribution in [-0.2, 0) is 6.42 Å². The second kappa shape index (κ2) is 7.03. The van der Waals surface area contributed by atoms with Crippen LogP contribution in [-0.4, -0.2) is 0 Å². The summed E-state index contributed by atoms with van der Waals surface area (Å²) in [7, 11) is 0. The van der Waals surface area contributed by atoms with Gasteiger partial charge in [-0.2, -0.15) is 0 Å². The molecule has 0 saturated carbocycles. The Hall–Kier alpha value is -0.720. The normalized spacial score (nSPS) is 12.5. The Kier molecular flexibility index (Phi) is 5.57. The quantitative estimate of drug-likeness (QED) is 0.444. The number of hydrogen-bond donors (Lipinski definition) is 2. The number of hydrogen-bond acceptors (Lipinski definition) is 2. The summed E-state index contributed by atoms with van der Waals surface area (Å²) in [6.07, 6.45) is 0.219. The summed E-state index contributed by atoms with van der Waals surface area (Å²) in [5.74, 6) is 4.08. The molecule has 0 radical (unpaired) electrons. The van der Waals surface area contributed by atoms with Crippen molar-refractivity contribution < 1.29 is 8.78 Å². The number of halogens is 5. The van der Waals surface area contributed by atoms with Gasteiger partial charge in [-0.05, 0) is 52.2 Å². The van der Waals surface area contributed by atoms with Crippen molar-refractivity contribution in [3.63, 3.8) is 0 Å². The molecular weight excluding hydrogens is 385 g/mol. The van der Waals surface area contributed by atoms with Crippen molar-refractivity contribution in [3.8, 4) is 0 Å². The van der Waals surface area contributed by atoms with E-state index in [0.29, 0.717) is 15.6 Å². The van der Waals surface area contributed by atoms with Crippen LogP contribution < -0.4 is 11.3 Å². The van der Waals surface area contributed by atoms with E-state index < -0.39 is 17.7 Å². The first-order chi connectivity index (χ1) is 9.93. The molecule has 21 heavy (non-hydrogen) atoms. The van der Waals surface area contributed by atoms with Gasteiger partial charge >= 0.3 is 0 Å². The predicted molar refractivity (Wildman–Crippen MR) is 84.3 cm³/mol. The van der Waals surface area contributed by atoms with E-state index in [1.165, 1.54) is 12.1 Å². The van der Waals surface area contributed by atoms with E-state index >= 15 is 0 Å². The highest BCUT2D eigenvalue weighted by Crippen LogP contribution is 2.30. The highest BCUT2D eigenvalue weighted by atomic mass is 79.9. The molecule has 0 amide bonds. The van der Waals surface area contributed by atoms with Crippen LogP contribution in [0.4, 0.5) is 8.78 Å². The molecule has 0 saturated heterocycles. The van der Waals surface area contributed by atoms with E-state index in [0.717, 1.165) is 0 Å². The van der Waals surface area contributed by atoms with Gasteiger partial charge in [0.25, 0.3) is 0 Å². The van der Waals surface area contributed by atoms with Gasteiger partial charge < -0.3 is 0 Å². The Bertz CT molecular complexity index is 668. The molecule has 0 fully saturated rings. The van der Waals surface area contributed by atoms with Crippen LogP contribution in [0.25, 0.3) is 0 Å². The molecule has 7 heteroatoms. The van der Waals surface area contributed by atoms with Crippen molar-refractivity contribution in [2.45, 2.75) is 12.5 Å². The van der Waals surface area contributed by atoms with Crippen LogP contribution in [0.1, 0.15) is 17.2 Å². The summed E-state index contributed by atoms with van der Waals surface area (Å²) in [5, 5.41) is 0.902. The van der Waals surface area contributed by atoms with Gasteiger partial charge in [0.05, 0.1) is 10.5 Å². The molecule has 3 N–H and O–H groups in total. The number of hydrazine groups is 1. The lowest BCUT2D eigenvalue weighted by atomic mass is 9.98. The van der Waals surface area contributed by atoms with E-state index in [4.69, 9.17) is 29.0 Å². The minimum absolute atomic E-state index is 0.141. The number of nitrogens with two attached hydrogens (primary N) is 1. The Morgan fingerprint density at radius 1 is 1.19 bits per heavy atom. The molecule has 2 rings (SSSR count). The lowest BCUT2D eigenvalue weighted by Crippen LogP contribution is -2.31. The summed E-state index contributed by atoms with van der Waals surface area (Å²) >= 11 is 14.9. The third-order valence-corrected chi connectivity index (χ3v) is 4.27. The highest BCUT2D eigenvalue weighted by molar-refractivity contribution is 9.10. The molecule has 1 unspecified atom stereocenters. The molecule has 2 aromatic rings. The van der Waals surface area contributed by atoms with Gasteiger partial charge in [0.2, 0.25) is 0 Å². The minimum Gasteiger partial charge on any atom is -0.271 e. The Morgan fingerprint density at radius 2 is 1.90 bits per heavy atom. The van der Waals surface area contributed by atoms with Gasteiger partial charge in [-0.15, -0.1) is 0 Å². The highest BCUT2D eigenvalue weighted by Gasteiger charge is 2.22. The second-order valence-corrected chi connectivity index (χ2v) is 6.11. The summed E-state index contributed by atoms with van der Waals surface area (Å²) < 4.78 is 28.2. The first-order valence-electron chi connectivity index (χ1n) is 5.97. The number of rotatable bonds is 4. The van der Waals surface area contributed by atoms with Crippen LogP contribution in [0.5, 0.6) is 0 Å². The zero-order chi connectivity index (χ0) is 15.6. The third kappa shape index (κ3) is 3.73. The third-order valence-electron chi connectivity index (χ3n) is 3.07. The predicted octanol–water partition coefficient (Wildman–Crippen LogP) is 4.78.